The van der Waals surface area contributed by atoms with Gasteiger partial charge in [0.1, 0.15) is 5.88 Å². The molecule has 2 amide bonds. The molecule has 1 aliphatic heterocycles. The Hall–Kier alpha value is -3.30. The van der Waals surface area contributed by atoms with E-state index in [1.165, 1.54) is 22.5 Å². The Balaban J connectivity index is 1.98. The second kappa shape index (κ2) is 14.4. The van der Waals surface area contributed by atoms with Gasteiger partial charge in [-0.2, -0.15) is 4.31 Å². The molecule has 1 aliphatic rings. The van der Waals surface area contributed by atoms with Crippen LogP contribution in [0.3, 0.4) is 0 Å². The maximum absolute atomic E-state index is 13.8. The van der Waals surface area contributed by atoms with E-state index in [1.807, 2.05) is 32.0 Å². The molecule has 2 N–H and O–H groups in total. The van der Waals surface area contributed by atoms with Crippen molar-refractivity contribution in [3.63, 3.8) is 0 Å². The highest BCUT2D eigenvalue weighted by atomic mass is 35.5. The van der Waals surface area contributed by atoms with Crippen molar-refractivity contribution in [1.82, 2.24) is 14.7 Å². The molecule has 1 heterocycles. The van der Waals surface area contributed by atoms with Crippen LogP contribution in [0.25, 0.3) is 0 Å². The SMILES string of the molecule is C#CCCC(=O)N(NC(=O)CCl)C(Cc1ccccc1)[C@H](O)CN(CC(C)C)S(=O)(=O)c1ccc2c(c1)OCO2. The van der Waals surface area contributed by atoms with Crippen LogP contribution in [0.1, 0.15) is 32.3 Å². The maximum Gasteiger partial charge on any atom is 0.253 e. The number of aliphatic hydroxyl groups excluding tert-OH is 1. The Morgan fingerprint density at radius 1 is 1.12 bits per heavy atom. The third-order valence-corrected chi connectivity index (χ3v) is 8.19. The number of alkyl halides is 1. The summed E-state index contributed by atoms with van der Waals surface area (Å²) in [5.41, 5.74) is 3.23. The molecule has 0 saturated carbocycles. The smallest absolute Gasteiger partial charge is 0.253 e. The number of aliphatic hydroxyl groups is 1. The number of halogens is 1. The number of ether oxygens (including phenoxy) is 2. The van der Waals surface area contributed by atoms with Gasteiger partial charge in [0.2, 0.25) is 22.7 Å². The van der Waals surface area contributed by atoms with E-state index >= 15 is 0 Å². The van der Waals surface area contributed by atoms with Gasteiger partial charge in [-0.05, 0) is 30.0 Å². The van der Waals surface area contributed by atoms with Gasteiger partial charge in [-0.15, -0.1) is 23.9 Å². The Bertz CT molecular complexity index is 1310. The third-order valence-electron chi connectivity index (χ3n) is 6.12. The van der Waals surface area contributed by atoms with Gasteiger partial charge in [-0.1, -0.05) is 44.2 Å². The van der Waals surface area contributed by atoms with E-state index in [4.69, 9.17) is 27.5 Å². The zero-order valence-corrected chi connectivity index (χ0v) is 24.0. The molecule has 1 unspecified atom stereocenters. The molecule has 0 saturated heterocycles. The number of hydrazine groups is 1. The lowest BCUT2D eigenvalue weighted by Crippen LogP contribution is -2.59. The molecule has 40 heavy (non-hydrogen) atoms. The predicted octanol–water partition coefficient (Wildman–Crippen LogP) is 2.55. The van der Waals surface area contributed by atoms with Gasteiger partial charge in [0.05, 0.1) is 17.0 Å². The second-order valence-electron chi connectivity index (χ2n) is 9.69. The zero-order chi connectivity index (χ0) is 29.3. The normalized spacial score (nSPS) is 14.0. The summed E-state index contributed by atoms with van der Waals surface area (Å²) in [6.07, 6.45) is 4.07. The first-order chi connectivity index (χ1) is 19.1. The fourth-order valence-electron chi connectivity index (χ4n) is 4.24. The van der Waals surface area contributed by atoms with E-state index in [9.17, 15) is 23.1 Å². The van der Waals surface area contributed by atoms with Crippen molar-refractivity contribution in [2.24, 2.45) is 5.92 Å². The van der Waals surface area contributed by atoms with Crippen LogP contribution in [-0.4, -0.2) is 72.6 Å². The van der Waals surface area contributed by atoms with Crippen molar-refractivity contribution in [1.29, 1.82) is 0 Å². The quantitative estimate of drug-likeness (QED) is 0.208. The number of sulfonamides is 1. The maximum atomic E-state index is 13.8. The number of terminal acetylenes is 1. The van der Waals surface area contributed by atoms with Crippen molar-refractivity contribution < 1.29 is 32.6 Å². The summed E-state index contributed by atoms with van der Waals surface area (Å²) in [5.74, 6) is 1.43. The Morgan fingerprint density at radius 3 is 2.48 bits per heavy atom. The standard InChI is InChI=1S/C28H34ClN3O7S/c1-4-5-11-28(35)32(30-27(34)16-29)23(14-21-9-7-6-8-10-21)24(33)18-31(17-20(2)3)40(36,37)22-12-13-25-26(15-22)39-19-38-25/h1,6-10,12-13,15,20,23-24,33H,5,11,14,16-19H2,2-3H3,(H,30,34)/t23?,24-/m1/s1. The third kappa shape index (κ3) is 8.11. The highest BCUT2D eigenvalue weighted by Gasteiger charge is 2.36. The van der Waals surface area contributed by atoms with Crippen LogP contribution >= 0.6 is 11.6 Å². The molecule has 0 aromatic heterocycles. The molecule has 216 valence electrons. The van der Waals surface area contributed by atoms with Crippen LogP contribution < -0.4 is 14.9 Å². The van der Waals surface area contributed by atoms with Gasteiger partial charge < -0.3 is 14.6 Å². The summed E-state index contributed by atoms with van der Waals surface area (Å²) in [4.78, 5) is 25.5. The number of hydrogen-bond donors (Lipinski definition) is 2. The second-order valence-corrected chi connectivity index (χ2v) is 11.9. The van der Waals surface area contributed by atoms with Crippen LogP contribution in [-0.2, 0) is 26.0 Å². The molecule has 0 aliphatic carbocycles. The number of carbonyl (C=O) groups excluding carboxylic acids is 2. The number of benzene rings is 2. The average Bonchev–Trinajstić information content (AvgIpc) is 3.41. The number of amides is 2. The van der Waals surface area contributed by atoms with Gasteiger partial charge in [-0.25, -0.2) is 13.4 Å². The predicted molar refractivity (Wildman–Crippen MR) is 150 cm³/mol. The minimum Gasteiger partial charge on any atom is -0.454 e. The lowest BCUT2D eigenvalue weighted by molar-refractivity contribution is -0.147. The highest BCUT2D eigenvalue weighted by molar-refractivity contribution is 7.89. The van der Waals surface area contributed by atoms with E-state index in [0.29, 0.717) is 11.5 Å². The first kappa shape index (κ1) is 31.2. The molecule has 2 aromatic carbocycles. The topological polar surface area (TPSA) is 125 Å². The lowest BCUT2D eigenvalue weighted by Gasteiger charge is -2.37. The Labute approximate surface area is 240 Å². The van der Waals surface area contributed by atoms with Gasteiger partial charge in [0, 0.05) is 32.0 Å². The van der Waals surface area contributed by atoms with Crippen molar-refractivity contribution in [2.45, 2.75) is 50.2 Å². The fourth-order valence-corrected chi connectivity index (χ4v) is 5.94. The van der Waals surface area contributed by atoms with Gasteiger partial charge >= 0.3 is 0 Å². The Kier molecular flexibility index (Phi) is 11.2. The summed E-state index contributed by atoms with van der Waals surface area (Å²) in [5, 5.41) is 12.6. The summed E-state index contributed by atoms with van der Waals surface area (Å²) in [6.45, 7) is 3.43. The molecular weight excluding hydrogens is 558 g/mol. The lowest BCUT2D eigenvalue weighted by atomic mass is 9.99. The molecule has 2 aromatic rings. The molecular formula is C28H34ClN3O7S. The molecule has 0 fully saturated rings. The number of nitrogens with one attached hydrogen (secondary N) is 1. The van der Waals surface area contributed by atoms with Gasteiger partial charge in [0.15, 0.2) is 11.5 Å². The van der Waals surface area contributed by atoms with Crippen molar-refractivity contribution in [3.8, 4) is 23.8 Å². The summed E-state index contributed by atoms with van der Waals surface area (Å²) in [7, 11) is -4.11. The highest BCUT2D eigenvalue weighted by Crippen LogP contribution is 2.35. The van der Waals surface area contributed by atoms with Crippen LogP contribution in [0.5, 0.6) is 11.5 Å². The number of hydrogen-bond acceptors (Lipinski definition) is 7. The van der Waals surface area contributed by atoms with E-state index in [0.717, 1.165) is 10.6 Å². The zero-order valence-electron chi connectivity index (χ0n) is 22.5. The summed E-state index contributed by atoms with van der Waals surface area (Å²) >= 11 is 5.71. The van der Waals surface area contributed by atoms with Gasteiger partial charge in [0.25, 0.3) is 5.91 Å². The van der Waals surface area contributed by atoms with E-state index < -0.39 is 39.9 Å². The molecule has 0 radical (unpaired) electrons. The molecule has 10 nitrogen and oxygen atoms in total. The number of rotatable bonds is 13. The van der Waals surface area contributed by atoms with E-state index in [-0.39, 0.29) is 50.0 Å². The van der Waals surface area contributed by atoms with Crippen LogP contribution in [0.2, 0.25) is 0 Å². The first-order valence-corrected chi connectivity index (χ1v) is 14.8. The number of fused-ring (bicyclic) bond motifs is 1. The van der Waals surface area contributed by atoms with Crippen LogP contribution in [0.4, 0.5) is 0 Å². The molecule has 2 atom stereocenters. The van der Waals surface area contributed by atoms with Crippen molar-refractivity contribution >= 4 is 33.4 Å². The van der Waals surface area contributed by atoms with Crippen molar-refractivity contribution in [3.05, 3.63) is 54.1 Å². The van der Waals surface area contributed by atoms with E-state index in [2.05, 4.69) is 11.3 Å². The van der Waals surface area contributed by atoms with Crippen LogP contribution in [0.15, 0.2) is 53.4 Å². The molecule has 0 bridgehead atoms. The molecule has 3 rings (SSSR count). The summed E-state index contributed by atoms with van der Waals surface area (Å²) < 4.78 is 39.4. The first-order valence-electron chi connectivity index (χ1n) is 12.8. The summed E-state index contributed by atoms with van der Waals surface area (Å²) in [6, 6.07) is 12.3. The largest absolute Gasteiger partial charge is 0.454 e. The molecule has 12 heteroatoms. The minimum atomic E-state index is -4.11. The van der Waals surface area contributed by atoms with Crippen LogP contribution in [0, 0.1) is 18.3 Å². The monoisotopic (exact) mass is 591 g/mol. The average molecular weight is 592 g/mol. The van der Waals surface area contributed by atoms with Gasteiger partial charge in [-0.3, -0.25) is 15.0 Å². The molecule has 0 spiro atoms. The van der Waals surface area contributed by atoms with Crippen molar-refractivity contribution in [2.75, 3.05) is 25.8 Å². The Morgan fingerprint density at radius 2 is 1.82 bits per heavy atom. The van der Waals surface area contributed by atoms with E-state index in [1.54, 1.807) is 12.1 Å². The number of nitrogens with zero attached hydrogens (tertiary/aromatic N) is 2. The fraction of sp³-hybridized carbons (Fsp3) is 0.429. The minimum absolute atomic E-state index is 0.00795. The number of carbonyl (C=O) groups is 2.